The minimum Gasteiger partial charge on any atom is -0.322 e. The first-order valence-corrected chi connectivity index (χ1v) is 9.25. The molecule has 0 radical (unpaired) electrons. The van der Waals surface area contributed by atoms with E-state index in [0.717, 1.165) is 5.56 Å². The van der Waals surface area contributed by atoms with E-state index in [2.05, 4.69) is 5.32 Å². The minimum absolute atomic E-state index is 0.0567. The van der Waals surface area contributed by atoms with Gasteiger partial charge in [0.15, 0.2) is 0 Å². The number of nitrogens with zero attached hydrogens (tertiary/aromatic N) is 1. The summed E-state index contributed by atoms with van der Waals surface area (Å²) in [4.78, 5) is 24.8. The van der Waals surface area contributed by atoms with Crippen molar-refractivity contribution in [3.8, 4) is 0 Å². The number of halogens is 4. The number of carbonyl (C=O) groups excluding carboxylic acids is 1. The molecule has 1 amide bonds. The van der Waals surface area contributed by atoms with Gasteiger partial charge in [-0.1, -0.05) is 52.5 Å². The number of hydrogen-bond donors (Lipinski definition) is 1. The Hall–Kier alpha value is -1.98. The lowest BCUT2D eigenvalue weighted by Gasteiger charge is -2.11. The highest BCUT2D eigenvalue weighted by Gasteiger charge is 2.12. The molecule has 1 N–H and O–H groups in total. The van der Waals surface area contributed by atoms with Crippen molar-refractivity contribution in [2.75, 3.05) is 5.32 Å². The molecule has 3 aromatic rings. The smallest absolute Gasteiger partial charge is 0.269 e. The normalized spacial score (nSPS) is 10.7. The van der Waals surface area contributed by atoms with Gasteiger partial charge in [0.2, 0.25) is 0 Å². The quantitative estimate of drug-likeness (QED) is 0.559. The van der Waals surface area contributed by atoms with Gasteiger partial charge in [-0.15, -0.1) is 0 Å². The number of carbonyl (C=O) groups is 1. The number of pyridine rings is 1. The maximum atomic E-state index is 12.5. The van der Waals surface area contributed by atoms with E-state index < -0.39 is 11.5 Å². The van der Waals surface area contributed by atoms with Crippen LogP contribution in [0.3, 0.4) is 0 Å². The average molecular weight is 442 g/mol. The van der Waals surface area contributed by atoms with Crippen LogP contribution in [0.5, 0.6) is 0 Å². The first-order valence-electron chi connectivity index (χ1n) is 7.74. The maximum absolute atomic E-state index is 12.5. The molecule has 0 fully saturated rings. The minimum atomic E-state index is -0.411. The third-order valence-electron chi connectivity index (χ3n) is 3.74. The SMILES string of the molecule is O=C(Nc1ccc(Cl)cc1)c1cc(Cl)c(=O)n(Cc2ccc(Cl)c(Cl)c2)c1. The summed E-state index contributed by atoms with van der Waals surface area (Å²) in [6.07, 6.45) is 1.45. The van der Waals surface area contributed by atoms with Gasteiger partial charge in [-0.05, 0) is 48.0 Å². The zero-order valence-corrected chi connectivity index (χ0v) is 16.7. The molecule has 8 heteroatoms. The summed E-state index contributed by atoms with van der Waals surface area (Å²) in [5.74, 6) is -0.401. The molecule has 2 aromatic carbocycles. The predicted molar refractivity (Wildman–Crippen MR) is 111 cm³/mol. The lowest BCUT2D eigenvalue weighted by molar-refractivity contribution is 0.102. The second kappa shape index (κ2) is 8.36. The number of rotatable bonds is 4. The predicted octanol–water partition coefficient (Wildman–Crippen LogP) is 5.76. The Morgan fingerprint density at radius 3 is 2.26 bits per heavy atom. The Morgan fingerprint density at radius 2 is 1.59 bits per heavy atom. The summed E-state index contributed by atoms with van der Waals surface area (Å²) >= 11 is 23.8. The Kier molecular flexibility index (Phi) is 6.12. The van der Waals surface area contributed by atoms with E-state index in [1.165, 1.54) is 16.8 Å². The van der Waals surface area contributed by atoms with Gasteiger partial charge in [-0.2, -0.15) is 0 Å². The standard InChI is InChI=1S/C19H12Cl4N2O2/c20-13-2-4-14(5-3-13)24-18(26)12-8-17(23)19(27)25(10-12)9-11-1-6-15(21)16(22)7-11/h1-8,10H,9H2,(H,24,26). The summed E-state index contributed by atoms with van der Waals surface area (Å²) in [6.45, 7) is 0.192. The highest BCUT2D eigenvalue weighted by molar-refractivity contribution is 6.42. The van der Waals surface area contributed by atoms with E-state index in [4.69, 9.17) is 46.4 Å². The largest absolute Gasteiger partial charge is 0.322 e. The van der Waals surface area contributed by atoms with E-state index in [-0.39, 0.29) is 17.1 Å². The van der Waals surface area contributed by atoms with Crippen molar-refractivity contribution in [3.63, 3.8) is 0 Å². The fourth-order valence-electron chi connectivity index (χ4n) is 2.41. The molecule has 3 rings (SSSR count). The topological polar surface area (TPSA) is 51.1 Å². The van der Waals surface area contributed by atoms with Gasteiger partial charge in [-0.25, -0.2) is 0 Å². The molecule has 0 spiro atoms. The molecule has 0 unspecified atom stereocenters. The van der Waals surface area contributed by atoms with Crippen LogP contribution >= 0.6 is 46.4 Å². The monoisotopic (exact) mass is 440 g/mol. The Labute approximate surface area is 175 Å². The zero-order chi connectivity index (χ0) is 19.6. The summed E-state index contributed by atoms with van der Waals surface area (Å²) in [5.41, 5.74) is 1.15. The van der Waals surface area contributed by atoms with Crippen LogP contribution in [0.2, 0.25) is 20.1 Å². The Bertz CT molecular complexity index is 1060. The van der Waals surface area contributed by atoms with Gasteiger partial charge in [-0.3, -0.25) is 9.59 Å². The molecular formula is C19H12Cl4N2O2. The van der Waals surface area contributed by atoms with Gasteiger partial charge in [0.1, 0.15) is 5.02 Å². The fourth-order valence-corrected chi connectivity index (χ4v) is 3.08. The molecule has 1 heterocycles. The second-order valence-corrected chi connectivity index (χ2v) is 7.38. The van der Waals surface area contributed by atoms with Crippen LogP contribution in [-0.2, 0) is 6.54 Å². The number of nitrogens with one attached hydrogen (secondary N) is 1. The van der Waals surface area contributed by atoms with Gasteiger partial charge in [0, 0.05) is 16.9 Å². The van der Waals surface area contributed by atoms with Crippen LogP contribution in [0.25, 0.3) is 0 Å². The van der Waals surface area contributed by atoms with Gasteiger partial charge in [0.25, 0.3) is 11.5 Å². The lowest BCUT2D eigenvalue weighted by Crippen LogP contribution is -2.24. The van der Waals surface area contributed by atoms with Crippen molar-refractivity contribution in [2.45, 2.75) is 6.54 Å². The third-order valence-corrected chi connectivity index (χ3v) is 5.01. The number of anilines is 1. The molecule has 0 saturated carbocycles. The van der Waals surface area contributed by atoms with Crippen LogP contribution < -0.4 is 10.9 Å². The van der Waals surface area contributed by atoms with E-state index in [9.17, 15) is 9.59 Å². The Balaban J connectivity index is 1.88. The molecule has 0 bridgehead atoms. The van der Waals surface area contributed by atoms with Crippen LogP contribution in [0.15, 0.2) is 59.5 Å². The number of benzene rings is 2. The van der Waals surface area contributed by atoms with E-state index in [1.54, 1.807) is 42.5 Å². The molecule has 4 nitrogen and oxygen atoms in total. The lowest BCUT2D eigenvalue weighted by atomic mass is 10.2. The second-order valence-electron chi connectivity index (χ2n) is 5.72. The highest BCUT2D eigenvalue weighted by Crippen LogP contribution is 2.23. The summed E-state index contributed by atoms with van der Waals surface area (Å²) in [6, 6.07) is 13.1. The summed E-state index contributed by atoms with van der Waals surface area (Å²) in [7, 11) is 0. The summed E-state index contributed by atoms with van der Waals surface area (Å²) < 4.78 is 1.35. The van der Waals surface area contributed by atoms with Crippen LogP contribution in [0.1, 0.15) is 15.9 Å². The molecule has 0 saturated heterocycles. The third kappa shape index (κ3) is 4.85. The van der Waals surface area contributed by atoms with Crippen molar-refractivity contribution >= 4 is 58.0 Å². The molecule has 0 aliphatic heterocycles. The first-order chi connectivity index (χ1) is 12.8. The van der Waals surface area contributed by atoms with E-state index in [1.807, 2.05) is 0 Å². The number of hydrogen-bond acceptors (Lipinski definition) is 2. The molecule has 0 aliphatic rings. The van der Waals surface area contributed by atoms with Crippen molar-refractivity contribution < 1.29 is 4.79 Å². The van der Waals surface area contributed by atoms with Crippen molar-refractivity contribution in [3.05, 3.63) is 96.3 Å². The van der Waals surface area contributed by atoms with Crippen molar-refractivity contribution in [1.29, 1.82) is 0 Å². The number of aromatic nitrogens is 1. The average Bonchev–Trinajstić information content (AvgIpc) is 2.63. The van der Waals surface area contributed by atoms with Gasteiger partial charge in [0.05, 0.1) is 22.2 Å². The number of amides is 1. The summed E-state index contributed by atoms with van der Waals surface area (Å²) in [5, 5.41) is 4.03. The zero-order valence-electron chi connectivity index (χ0n) is 13.7. The molecular weight excluding hydrogens is 430 g/mol. The van der Waals surface area contributed by atoms with Crippen LogP contribution in [0, 0.1) is 0 Å². The molecule has 0 aliphatic carbocycles. The van der Waals surface area contributed by atoms with Crippen molar-refractivity contribution in [1.82, 2.24) is 4.57 Å². The fraction of sp³-hybridized carbons (Fsp3) is 0.0526. The molecule has 0 atom stereocenters. The van der Waals surface area contributed by atoms with Gasteiger partial charge < -0.3 is 9.88 Å². The maximum Gasteiger partial charge on any atom is 0.269 e. The van der Waals surface area contributed by atoms with Crippen LogP contribution in [-0.4, -0.2) is 10.5 Å². The van der Waals surface area contributed by atoms with Gasteiger partial charge >= 0.3 is 0 Å². The van der Waals surface area contributed by atoms with E-state index >= 15 is 0 Å². The molecule has 1 aromatic heterocycles. The highest BCUT2D eigenvalue weighted by atomic mass is 35.5. The molecule has 27 heavy (non-hydrogen) atoms. The van der Waals surface area contributed by atoms with Crippen LogP contribution in [0.4, 0.5) is 5.69 Å². The Morgan fingerprint density at radius 1 is 0.889 bits per heavy atom. The van der Waals surface area contributed by atoms with Crippen molar-refractivity contribution in [2.24, 2.45) is 0 Å². The molecule has 138 valence electrons. The first kappa shape index (κ1) is 19.8. The van der Waals surface area contributed by atoms with E-state index in [0.29, 0.717) is 20.8 Å².